The van der Waals surface area contributed by atoms with E-state index in [1.807, 2.05) is 42.6 Å². The van der Waals surface area contributed by atoms with Gasteiger partial charge in [-0.25, -0.2) is 4.98 Å². The number of nitrogens with zero attached hydrogens (tertiary/aromatic N) is 5. The zero-order valence-corrected chi connectivity index (χ0v) is 45.6. The molecule has 0 spiro atoms. The molecule has 10 aromatic rings. The number of pyridine rings is 1. The Labute approximate surface area is 450 Å². The van der Waals surface area contributed by atoms with E-state index in [9.17, 15) is 5.26 Å². The van der Waals surface area contributed by atoms with Crippen molar-refractivity contribution in [2.45, 2.75) is 78.6 Å². The van der Waals surface area contributed by atoms with Crippen molar-refractivity contribution in [3.63, 3.8) is 0 Å². The Morgan fingerprint density at radius 3 is 1.78 bits per heavy atom. The monoisotopic (exact) mass is 1140 g/mol. The van der Waals surface area contributed by atoms with E-state index in [0.717, 1.165) is 83.8 Å². The summed E-state index contributed by atoms with van der Waals surface area (Å²) in [7, 11) is 0. The number of ether oxygens (including phenoxy) is 1. The standard InChI is InChI=1S/C67H58N5O.Pt/c1-65(2,3)47-33-34-69-62(39-47)72-59-32-29-44(42-68)35-58(59)56-31-30-53(41-61(56)72)73-52-24-16-23-50(40-52)70-43-71(51-37-48(66(4,5)6)36-49(38-51)67(7,8)9)64-57(27-18-28-60(64)70)63-54(45-19-12-10-13-20-45)25-17-26-55(63)46-21-14-11-15-22-46;/h10-39,43H,1-9H3;/q-3;. The van der Waals surface area contributed by atoms with Crippen LogP contribution in [0.3, 0.4) is 0 Å². The fraction of sp³-hybridized carbons (Fsp3) is 0.179. The average molecular weight is 1140 g/mol. The Balaban J connectivity index is 0.00000626. The predicted octanol–water partition coefficient (Wildman–Crippen LogP) is 17.7. The smallest absolute Gasteiger partial charge is 0.135 e. The fourth-order valence-electron chi connectivity index (χ4n) is 10.0. The number of nitriles is 1. The van der Waals surface area contributed by atoms with Crippen LogP contribution in [0.1, 0.15) is 84.6 Å². The summed E-state index contributed by atoms with van der Waals surface area (Å²) in [6.07, 6.45) is 1.87. The summed E-state index contributed by atoms with van der Waals surface area (Å²) >= 11 is 0. The molecule has 370 valence electrons. The van der Waals surface area contributed by atoms with Gasteiger partial charge in [-0.1, -0.05) is 165 Å². The normalized spacial score (nSPS) is 12.7. The van der Waals surface area contributed by atoms with Crippen molar-refractivity contribution in [2.75, 3.05) is 9.80 Å². The quantitative estimate of drug-likeness (QED) is 0.142. The molecule has 0 unspecified atom stereocenters. The van der Waals surface area contributed by atoms with Crippen LogP contribution < -0.4 is 14.5 Å². The van der Waals surface area contributed by atoms with E-state index in [4.69, 9.17) is 9.72 Å². The third-order valence-corrected chi connectivity index (χ3v) is 14.0. The van der Waals surface area contributed by atoms with E-state index in [1.165, 1.54) is 16.7 Å². The summed E-state index contributed by atoms with van der Waals surface area (Å²) in [5.74, 6) is 1.86. The molecule has 0 fully saturated rings. The van der Waals surface area contributed by atoms with Gasteiger partial charge in [0.1, 0.15) is 5.82 Å². The molecule has 3 heterocycles. The maximum atomic E-state index is 9.90. The SMILES string of the molecule is CC(C)(C)c1cc(N2[CH-]N(c3[c-]c(Oc4[c-]c5c(cc4)c4cc(C#N)ccc4n5-c4cc(C(C)(C)C)ccn4)ccc3)c3cccc(-c4c(-c5ccccc5)cccc4-c4ccccc4)c32)cc(C(C)(C)C)c1.[Pt]. The first kappa shape index (κ1) is 49.8. The van der Waals surface area contributed by atoms with E-state index in [1.54, 1.807) is 0 Å². The Morgan fingerprint density at radius 1 is 0.541 bits per heavy atom. The Morgan fingerprint density at radius 2 is 1.15 bits per heavy atom. The van der Waals surface area contributed by atoms with E-state index in [2.05, 4.69) is 241 Å². The second-order valence-electron chi connectivity index (χ2n) is 22.2. The summed E-state index contributed by atoms with van der Waals surface area (Å²) in [4.78, 5) is 9.49. The molecule has 0 radical (unpaired) electrons. The molecule has 11 rings (SSSR count). The van der Waals surface area contributed by atoms with Crippen molar-refractivity contribution in [3.8, 4) is 56.8 Å². The van der Waals surface area contributed by atoms with Crippen LogP contribution in [0.4, 0.5) is 22.7 Å². The van der Waals surface area contributed by atoms with Gasteiger partial charge in [-0.15, -0.1) is 48.1 Å². The van der Waals surface area contributed by atoms with Crippen molar-refractivity contribution >= 4 is 44.6 Å². The maximum Gasteiger partial charge on any atom is 0.135 e. The third-order valence-electron chi connectivity index (χ3n) is 14.0. The fourth-order valence-corrected chi connectivity index (χ4v) is 10.0. The molecule has 0 aliphatic carbocycles. The molecular weight excluding hydrogens is 1090 g/mol. The summed E-state index contributed by atoms with van der Waals surface area (Å²) in [5.41, 5.74) is 16.7. The van der Waals surface area contributed by atoms with Gasteiger partial charge in [-0.3, -0.25) is 0 Å². The number of para-hydroxylation sites is 1. The molecule has 0 N–H and O–H groups in total. The van der Waals surface area contributed by atoms with E-state index < -0.39 is 0 Å². The van der Waals surface area contributed by atoms with Gasteiger partial charge in [-0.2, -0.15) is 17.4 Å². The number of hydrogen-bond acceptors (Lipinski definition) is 5. The van der Waals surface area contributed by atoms with Gasteiger partial charge in [0.15, 0.2) is 0 Å². The van der Waals surface area contributed by atoms with Gasteiger partial charge in [0.05, 0.1) is 11.6 Å². The van der Waals surface area contributed by atoms with Crippen molar-refractivity contribution in [1.29, 1.82) is 5.26 Å². The van der Waals surface area contributed by atoms with Crippen LogP contribution in [0.5, 0.6) is 11.5 Å². The van der Waals surface area contributed by atoms with Crippen LogP contribution in [0.2, 0.25) is 0 Å². The molecule has 0 atom stereocenters. The number of anilines is 4. The minimum absolute atomic E-state index is 0. The van der Waals surface area contributed by atoms with Gasteiger partial charge in [0.25, 0.3) is 0 Å². The first-order valence-electron chi connectivity index (χ1n) is 25.1. The van der Waals surface area contributed by atoms with Crippen LogP contribution in [0.15, 0.2) is 182 Å². The summed E-state index contributed by atoms with van der Waals surface area (Å²) < 4.78 is 8.89. The molecule has 0 saturated carbocycles. The van der Waals surface area contributed by atoms with Crippen molar-refractivity contribution in [3.05, 3.63) is 223 Å². The van der Waals surface area contributed by atoms with Gasteiger partial charge in [0, 0.05) is 66.9 Å². The topological polar surface area (TPSA) is 57.3 Å². The molecule has 1 aliphatic rings. The molecule has 1 aliphatic heterocycles. The molecule has 7 heteroatoms. The minimum Gasteiger partial charge on any atom is -0.509 e. The van der Waals surface area contributed by atoms with Crippen LogP contribution in [0, 0.1) is 30.1 Å². The second-order valence-corrected chi connectivity index (χ2v) is 22.2. The molecular formula is C67H58N5OPt-3. The maximum absolute atomic E-state index is 9.90. The number of aromatic nitrogens is 2. The van der Waals surface area contributed by atoms with Gasteiger partial charge < -0.3 is 19.1 Å². The average Bonchev–Trinajstić information content (AvgIpc) is 3.94. The van der Waals surface area contributed by atoms with E-state index in [0.29, 0.717) is 17.1 Å². The Kier molecular flexibility index (Phi) is 13.0. The molecule has 0 amide bonds. The second kappa shape index (κ2) is 19.3. The van der Waals surface area contributed by atoms with Crippen molar-refractivity contribution in [2.24, 2.45) is 0 Å². The van der Waals surface area contributed by atoms with Gasteiger partial charge >= 0.3 is 0 Å². The Hall–Kier alpha value is -7.71. The first-order valence-corrected chi connectivity index (χ1v) is 25.1. The van der Waals surface area contributed by atoms with E-state index >= 15 is 0 Å². The number of rotatable bonds is 8. The van der Waals surface area contributed by atoms with Crippen LogP contribution in [0.25, 0.3) is 61.0 Å². The number of benzene rings is 8. The largest absolute Gasteiger partial charge is 0.509 e. The van der Waals surface area contributed by atoms with Crippen LogP contribution in [-0.4, -0.2) is 9.55 Å². The number of fused-ring (bicyclic) bond motifs is 4. The molecule has 2 aromatic heterocycles. The van der Waals surface area contributed by atoms with Crippen molar-refractivity contribution in [1.82, 2.24) is 9.55 Å². The predicted molar refractivity (Wildman–Crippen MR) is 301 cm³/mol. The molecule has 8 aromatic carbocycles. The van der Waals surface area contributed by atoms with Crippen molar-refractivity contribution < 1.29 is 25.8 Å². The summed E-state index contributed by atoms with van der Waals surface area (Å²) in [6, 6.07) is 71.6. The third kappa shape index (κ3) is 9.31. The molecule has 6 nitrogen and oxygen atoms in total. The van der Waals surface area contributed by atoms with Gasteiger partial charge in [0.2, 0.25) is 0 Å². The molecule has 74 heavy (non-hydrogen) atoms. The van der Waals surface area contributed by atoms with Gasteiger partial charge in [-0.05, 0) is 115 Å². The zero-order valence-electron chi connectivity index (χ0n) is 43.4. The minimum atomic E-state index is -0.0987. The summed E-state index contributed by atoms with van der Waals surface area (Å²) in [5, 5.41) is 11.8. The van der Waals surface area contributed by atoms with E-state index in [-0.39, 0.29) is 37.3 Å². The molecule has 0 bridgehead atoms. The molecule has 0 saturated heterocycles. The first-order chi connectivity index (χ1) is 35.0. The zero-order chi connectivity index (χ0) is 50.8. The summed E-state index contributed by atoms with van der Waals surface area (Å²) in [6.45, 7) is 22.6. The van der Waals surface area contributed by atoms with Crippen LogP contribution in [-0.2, 0) is 37.3 Å². The Bertz CT molecular complexity index is 3680. The van der Waals surface area contributed by atoms with Crippen LogP contribution >= 0.6 is 0 Å². The number of hydrogen-bond donors (Lipinski definition) is 0.